The average molecular weight is 365 g/mol. The highest BCUT2D eigenvalue weighted by Gasteiger charge is 2.19. The predicted molar refractivity (Wildman–Crippen MR) is 104 cm³/mol. The Bertz CT molecular complexity index is 927. The number of carbonyl (C=O) groups excluding carboxylic acids is 1. The van der Waals surface area contributed by atoms with Gasteiger partial charge in [-0.25, -0.2) is 4.98 Å². The molecule has 140 valence electrons. The number of pyridine rings is 1. The summed E-state index contributed by atoms with van der Waals surface area (Å²) in [5.41, 5.74) is 2.78. The van der Waals surface area contributed by atoms with E-state index in [0.717, 1.165) is 47.5 Å². The molecule has 1 N–H and O–H groups in total. The molecule has 27 heavy (non-hydrogen) atoms. The quantitative estimate of drug-likeness (QED) is 0.755. The second-order valence-corrected chi connectivity index (χ2v) is 6.74. The van der Waals surface area contributed by atoms with Crippen LogP contribution >= 0.6 is 0 Å². The minimum Gasteiger partial charge on any atom is -0.497 e. The van der Waals surface area contributed by atoms with Crippen LogP contribution in [0.3, 0.4) is 0 Å². The normalized spacial score (nSPS) is 17.0. The number of hydrogen-bond acceptors (Lipinski definition) is 4. The molecule has 6 nitrogen and oxygen atoms in total. The first-order valence-corrected chi connectivity index (χ1v) is 9.20. The Morgan fingerprint density at radius 2 is 2.19 bits per heavy atom. The standard InChI is InChI=1S/C21H23N3O3/c1-26-18-8-6-15(7-9-18)19-12-16-4-2-10-22-21(16)24(19)13-20(25)23-17-5-3-11-27-14-17/h2,4,6-10,12,17H,3,5,11,13-14H2,1H3,(H,23,25)/t17-/m0/s1. The van der Waals surface area contributed by atoms with Crippen LogP contribution < -0.4 is 10.1 Å². The Kier molecular flexibility index (Phi) is 5.07. The van der Waals surface area contributed by atoms with E-state index in [9.17, 15) is 4.79 Å². The van der Waals surface area contributed by atoms with Crippen LogP contribution in [0.1, 0.15) is 12.8 Å². The fraction of sp³-hybridized carbons (Fsp3) is 0.333. The molecule has 1 saturated heterocycles. The topological polar surface area (TPSA) is 65.4 Å². The number of aromatic nitrogens is 2. The molecule has 0 bridgehead atoms. The summed E-state index contributed by atoms with van der Waals surface area (Å²) in [6, 6.07) is 13.9. The number of hydrogen-bond donors (Lipinski definition) is 1. The van der Waals surface area contributed by atoms with Gasteiger partial charge in [-0.1, -0.05) is 0 Å². The van der Waals surface area contributed by atoms with Gasteiger partial charge in [0.25, 0.3) is 0 Å². The fourth-order valence-corrected chi connectivity index (χ4v) is 3.52. The van der Waals surface area contributed by atoms with Gasteiger partial charge in [0, 0.05) is 18.2 Å². The number of ether oxygens (including phenoxy) is 2. The number of carbonyl (C=O) groups is 1. The predicted octanol–water partition coefficient (Wildman–Crippen LogP) is 3.01. The summed E-state index contributed by atoms with van der Waals surface area (Å²) in [7, 11) is 1.65. The van der Waals surface area contributed by atoms with Crippen LogP contribution in [0.15, 0.2) is 48.7 Å². The molecule has 1 fully saturated rings. The Morgan fingerprint density at radius 3 is 2.93 bits per heavy atom. The van der Waals surface area contributed by atoms with Gasteiger partial charge in [0.15, 0.2) is 0 Å². The fourth-order valence-electron chi connectivity index (χ4n) is 3.52. The van der Waals surface area contributed by atoms with E-state index in [2.05, 4.69) is 16.4 Å². The van der Waals surface area contributed by atoms with Crippen molar-refractivity contribution in [1.82, 2.24) is 14.9 Å². The lowest BCUT2D eigenvalue weighted by Crippen LogP contribution is -2.42. The summed E-state index contributed by atoms with van der Waals surface area (Å²) in [5.74, 6) is 0.776. The molecule has 0 radical (unpaired) electrons. The molecule has 0 unspecified atom stereocenters. The van der Waals surface area contributed by atoms with Crippen molar-refractivity contribution in [3.05, 3.63) is 48.7 Å². The number of methoxy groups -OCH3 is 1. The first kappa shape index (κ1) is 17.5. The maximum Gasteiger partial charge on any atom is 0.240 e. The van der Waals surface area contributed by atoms with Crippen molar-refractivity contribution in [1.29, 1.82) is 0 Å². The van der Waals surface area contributed by atoms with Gasteiger partial charge < -0.3 is 19.4 Å². The van der Waals surface area contributed by atoms with E-state index >= 15 is 0 Å². The van der Waals surface area contributed by atoms with Crippen LogP contribution in [0.25, 0.3) is 22.3 Å². The maximum absolute atomic E-state index is 12.7. The zero-order chi connectivity index (χ0) is 18.6. The van der Waals surface area contributed by atoms with Crippen molar-refractivity contribution in [3.8, 4) is 17.0 Å². The van der Waals surface area contributed by atoms with E-state index in [1.165, 1.54) is 0 Å². The molecule has 0 spiro atoms. The third-order valence-corrected chi connectivity index (χ3v) is 4.87. The van der Waals surface area contributed by atoms with Crippen LogP contribution in [-0.4, -0.2) is 41.8 Å². The zero-order valence-corrected chi connectivity index (χ0v) is 15.4. The van der Waals surface area contributed by atoms with E-state index in [4.69, 9.17) is 9.47 Å². The summed E-state index contributed by atoms with van der Waals surface area (Å²) in [6.07, 6.45) is 3.70. The zero-order valence-electron chi connectivity index (χ0n) is 15.4. The molecule has 1 aliphatic heterocycles. The van der Waals surface area contributed by atoms with Crippen molar-refractivity contribution in [2.24, 2.45) is 0 Å². The SMILES string of the molecule is COc1ccc(-c2cc3cccnc3n2CC(=O)N[C@H]2CCCOC2)cc1. The number of amides is 1. The largest absolute Gasteiger partial charge is 0.497 e. The molecule has 6 heteroatoms. The van der Waals surface area contributed by atoms with Crippen molar-refractivity contribution in [2.45, 2.75) is 25.4 Å². The van der Waals surface area contributed by atoms with Gasteiger partial charge in [0.2, 0.25) is 5.91 Å². The summed E-state index contributed by atoms with van der Waals surface area (Å²) in [6.45, 7) is 1.58. The van der Waals surface area contributed by atoms with Gasteiger partial charge in [-0.3, -0.25) is 4.79 Å². The van der Waals surface area contributed by atoms with Gasteiger partial charge in [-0.2, -0.15) is 0 Å². The molecule has 3 heterocycles. The van der Waals surface area contributed by atoms with Crippen molar-refractivity contribution >= 4 is 16.9 Å². The van der Waals surface area contributed by atoms with Crippen LogP contribution in [0.2, 0.25) is 0 Å². The lowest BCUT2D eigenvalue weighted by atomic mass is 10.1. The second-order valence-electron chi connectivity index (χ2n) is 6.74. The molecular weight excluding hydrogens is 342 g/mol. The Morgan fingerprint density at radius 1 is 1.33 bits per heavy atom. The molecule has 3 aromatic rings. The molecule has 2 aromatic heterocycles. The maximum atomic E-state index is 12.7. The molecule has 1 aliphatic rings. The minimum absolute atomic E-state index is 0.0246. The molecular formula is C21H23N3O3. The van der Waals surface area contributed by atoms with E-state index in [-0.39, 0.29) is 18.5 Å². The Labute approximate surface area is 158 Å². The third kappa shape index (κ3) is 3.80. The van der Waals surface area contributed by atoms with Crippen LogP contribution in [0, 0.1) is 0 Å². The summed E-state index contributed by atoms with van der Waals surface area (Å²) in [5, 5.41) is 4.10. The average Bonchev–Trinajstić information content (AvgIpc) is 3.07. The van der Waals surface area contributed by atoms with Crippen molar-refractivity contribution in [2.75, 3.05) is 20.3 Å². The molecule has 1 amide bonds. The van der Waals surface area contributed by atoms with Gasteiger partial charge >= 0.3 is 0 Å². The highest BCUT2D eigenvalue weighted by atomic mass is 16.5. The number of rotatable bonds is 5. The van der Waals surface area contributed by atoms with Crippen LogP contribution in [-0.2, 0) is 16.1 Å². The molecule has 0 aliphatic carbocycles. The summed E-state index contributed by atoms with van der Waals surface area (Å²) >= 11 is 0. The van der Waals surface area contributed by atoms with Gasteiger partial charge in [-0.05, 0) is 60.9 Å². The molecule has 0 saturated carbocycles. The molecule has 1 aromatic carbocycles. The third-order valence-electron chi connectivity index (χ3n) is 4.87. The summed E-state index contributed by atoms with van der Waals surface area (Å²) in [4.78, 5) is 17.2. The lowest BCUT2D eigenvalue weighted by Gasteiger charge is -2.23. The van der Waals surface area contributed by atoms with Gasteiger partial charge in [-0.15, -0.1) is 0 Å². The van der Waals surface area contributed by atoms with E-state index in [1.807, 2.05) is 41.0 Å². The van der Waals surface area contributed by atoms with Crippen LogP contribution in [0.4, 0.5) is 0 Å². The van der Waals surface area contributed by atoms with E-state index in [0.29, 0.717) is 6.61 Å². The van der Waals surface area contributed by atoms with E-state index < -0.39 is 0 Å². The highest BCUT2D eigenvalue weighted by Crippen LogP contribution is 2.28. The second kappa shape index (κ2) is 7.80. The van der Waals surface area contributed by atoms with Crippen LogP contribution in [0.5, 0.6) is 5.75 Å². The Hall–Kier alpha value is -2.86. The lowest BCUT2D eigenvalue weighted by molar-refractivity contribution is -0.123. The summed E-state index contributed by atoms with van der Waals surface area (Å²) < 4.78 is 12.7. The highest BCUT2D eigenvalue weighted by molar-refractivity contribution is 5.87. The van der Waals surface area contributed by atoms with Crippen molar-refractivity contribution < 1.29 is 14.3 Å². The minimum atomic E-state index is -0.0246. The van der Waals surface area contributed by atoms with Gasteiger partial charge in [0.1, 0.15) is 17.9 Å². The molecule has 4 rings (SSSR count). The number of nitrogens with one attached hydrogen (secondary N) is 1. The number of fused-ring (bicyclic) bond motifs is 1. The van der Waals surface area contributed by atoms with Gasteiger partial charge in [0.05, 0.1) is 25.5 Å². The Balaban J connectivity index is 1.64. The first-order valence-electron chi connectivity index (χ1n) is 9.20. The van der Waals surface area contributed by atoms with E-state index in [1.54, 1.807) is 13.3 Å². The number of nitrogens with zero attached hydrogens (tertiary/aromatic N) is 2. The number of benzene rings is 1. The monoisotopic (exact) mass is 365 g/mol. The van der Waals surface area contributed by atoms with Crippen molar-refractivity contribution in [3.63, 3.8) is 0 Å². The smallest absolute Gasteiger partial charge is 0.240 e. The molecule has 1 atom stereocenters. The first-order chi connectivity index (χ1) is 13.2.